The van der Waals surface area contributed by atoms with Gasteiger partial charge in [0.05, 0.1) is 23.9 Å². The highest BCUT2D eigenvalue weighted by atomic mass is 35.5. The summed E-state index contributed by atoms with van der Waals surface area (Å²) in [4.78, 5) is 33.5. The molecular formula is C24H27ClN4O4. The second kappa shape index (κ2) is 10.7. The average Bonchev–Trinajstić information content (AvgIpc) is 3.64. The molecule has 2 aliphatic rings. The number of nitrogens with one attached hydrogen (secondary N) is 1. The van der Waals surface area contributed by atoms with Gasteiger partial charge in [-0.15, -0.1) is 0 Å². The number of pyridine rings is 1. The van der Waals surface area contributed by atoms with E-state index in [1.807, 2.05) is 12.1 Å². The number of carbonyl (C=O) groups is 2. The molecule has 2 saturated carbocycles. The Kier molecular flexibility index (Phi) is 7.44. The Morgan fingerprint density at radius 1 is 1.18 bits per heavy atom. The first-order chi connectivity index (χ1) is 16.0. The van der Waals surface area contributed by atoms with Crippen LogP contribution in [0.5, 0.6) is 5.88 Å². The molecule has 33 heavy (non-hydrogen) atoms. The molecule has 1 aromatic carbocycles. The molecule has 0 spiro atoms. The standard InChI is InChI=1S/C24H27ClN4O4/c25-18-9-7-16(8-10-18)19-11-17(12-27-24(19)32-13-15-5-6-15)23(31)28-20-3-1-2-4-21(20)29-33-14-22(26)30/h7-12,15,20H,1-6,13-14H2,(H2,26,30)(H,28,31). The third-order valence-corrected chi connectivity index (χ3v) is 5.95. The van der Waals surface area contributed by atoms with Crippen LogP contribution in [0.2, 0.25) is 5.02 Å². The van der Waals surface area contributed by atoms with Crippen molar-refractivity contribution >= 4 is 29.1 Å². The van der Waals surface area contributed by atoms with Crippen LogP contribution in [0, 0.1) is 5.92 Å². The number of rotatable bonds is 9. The molecule has 8 nitrogen and oxygen atoms in total. The van der Waals surface area contributed by atoms with Crippen LogP contribution in [0.3, 0.4) is 0 Å². The fraction of sp³-hybridized carbons (Fsp3) is 0.417. The van der Waals surface area contributed by atoms with Crippen molar-refractivity contribution in [2.24, 2.45) is 16.8 Å². The highest BCUT2D eigenvalue weighted by Gasteiger charge is 2.25. The van der Waals surface area contributed by atoms with Gasteiger partial charge in [0.15, 0.2) is 6.61 Å². The Hall–Kier alpha value is -3.13. The van der Waals surface area contributed by atoms with Gasteiger partial charge in [-0.2, -0.15) is 0 Å². The monoisotopic (exact) mass is 470 g/mol. The summed E-state index contributed by atoms with van der Waals surface area (Å²) < 4.78 is 5.96. The van der Waals surface area contributed by atoms with E-state index in [4.69, 9.17) is 26.9 Å². The summed E-state index contributed by atoms with van der Waals surface area (Å²) in [6.45, 7) is 0.327. The number of primary amides is 1. The molecule has 0 saturated heterocycles. The predicted molar refractivity (Wildman–Crippen MR) is 125 cm³/mol. The molecule has 4 rings (SSSR count). The van der Waals surface area contributed by atoms with Crippen LogP contribution in [0.1, 0.15) is 48.9 Å². The van der Waals surface area contributed by atoms with Gasteiger partial charge in [-0.1, -0.05) is 35.3 Å². The van der Waals surface area contributed by atoms with Crippen molar-refractivity contribution in [3.8, 4) is 17.0 Å². The van der Waals surface area contributed by atoms with Gasteiger partial charge in [-0.25, -0.2) is 4.98 Å². The molecule has 0 bridgehead atoms. The third kappa shape index (κ3) is 6.44. The van der Waals surface area contributed by atoms with Crippen LogP contribution in [0.4, 0.5) is 0 Å². The molecule has 1 unspecified atom stereocenters. The molecule has 2 aliphatic carbocycles. The highest BCUT2D eigenvalue weighted by Crippen LogP contribution is 2.33. The second-order valence-electron chi connectivity index (χ2n) is 8.43. The maximum absolute atomic E-state index is 13.1. The third-order valence-electron chi connectivity index (χ3n) is 5.69. The Balaban J connectivity index is 1.53. The molecule has 2 fully saturated rings. The summed E-state index contributed by atoms with van der Waals surface area (Å²) in [5.74, 6) is 0.218. The van der Waals surface area contributed by atoms with Gasteiger partial charge in [0, 0.05) is 16.8 Å². The van der Waals surface area contributed by atoms with Crippen LogP contribution in [0.25, 0.3) is 11.1 Å². The Morgan fingerprint density at radius 2 is 1.97 bits per heavy atom. The maximum atomic E-state index is 13.1. The van der Waals surface area contributed by atoms with Crippen LogP contribution in [-0.4, -0.2) is 41.8 Å². The van der Waals surface area contributed by atoms with Crippen molar-refractivity contribution in [1.29, 1.82) is 0 Å². The maximum Gasteiger partial charge on any atom is 0.258 e. The first-order valence-electron chi connectivity index (χ1n) is 11.2. The number of nitrogens with two attached hydrogens (primary N) is 1. The molecular weight excluding hydrogens is 444 g/mol. The summed E-state index contributed by atoms with van der Waals surface area (Å²) in [6, 6.07) is 8.87. The normalized spacial score (nSPS) is 19.2. The lowest BCUT2D eigenvalue weighted by Gasteiger charge is -2.24. The van der Waals surface area contributed by atoms with Crippen LogP contribution in [-0.2, 0) is 9.63 Å². The van der Waals surface area contributed by atoms with Gasteiger partial charge >= 0.3 is 0 Å². The Bertz CT molecular complexity index is 1040. The van der Waals surface area contributed by atoms with Crippen LogP contribution in [0.15, 0.2) is 41.7 Å². The zero-order valence-electron chi connectivity index (χ0n) is 18.3. The number of hydrogen-bond acceptors (Lipinski definition) is 6. The van der Waals surface area contributed by atoms with Crippen molar-refractivity contribution < 1.29 is 19.2 Å². The molecule has 0 radical (unpaired) electrons. The van der Waals surface area contributed by atoms with E-state index in [0.29, 0.717) is 41.1 Å². The molecule has 0 aliphatic heterocycles. The number of nitrogens with zero attached hydrogens (tertiary/aromatic N) is 2. The zero-order valence-corrected chi connectivity index (χ0v) is 19.0. The van der Waals surface area contributed by atoms with E-state index < -0.39 is 5.91 Å². The van der Waals surface area contributed by atoms with E-state index in [9.17, 15) is 9.59 Å². The van der Waals surface area contributed by atoms with Crippen molar-refractivity contribution in [3.63, 3.8) is 0 Å². The number of halogens is 1. The van der Waals surface area contributed by atoms with Crippen molar-refractivity contribution in [2.45, 2.75) is 44.6 Å². The van der Waals surface area contributed by atoms with E-state index >= 15 is 0 Å². The minimum Gasteiger partial charge on any atom is -0.477 e. The number of aromatic nitrogens is 1. The number of benzene rings is 1. The number of oxime groups is 1. The Morgan fingerprint density at radius 3 is 2.70 bits per heavy atom. The minimum atomic E-state index is -0.597. The first kappa shape index (κ1) is 23.0. The fourth-order valence-corrected chi connectivity index (χ4v) is 3.82. The van der Waals surface area contributed by atoms with Gasteiger partial charge in [0.2, 0.25) is 5.88 Å². The zero-order chi connectivity index (χ0) is 23.2. The fourth-order valence-electron chi connectivity index (χ4n) is 3.69. The number of carbonyl (C=O) groups excluding carboxylic acids is 2. The molecule has 3 N–H and O–H groups in total. The topological polar surface area (TPSA) is 116 Å². The summed E-state index contributed by atoms with van der Waals surface area (Å²) >= 11 is 6.05. The van der Waals surface area contributed by atoms with E-state index in [2.05, 4.69) is 15.5 Å². The van der Waals surface area contributed by atoms with Crippen LogP contribution < -0.4 is 15.8 Å². The highest BCUT2D eigenvalue weighted by molar-refractivity contribution is 6.30. The van der Waals surface area contributed by atoms with Gasteiger partial charge in [-0.3, -0.25) is 9.59 Å². The molecule has 174 valence electrons. The molecule has 1 atom stereocenters. The van der Waals surface area contributed by atoms with Gasteiger partial charge < -0.3 is 20.6 Å². The summed E-state index contributed by atoms with van der Waals surface area (Å²) in [7, 11) is 0. The molecule has 2 amide bonds. The van der Waals surface area contributed by atoms with Gasteiger partial charge in [0.1, 0.15) is 0 Å². The van der Waals surface area contributed by atoms with Gasteiger partial charge in [0.25, 0.3) is 11.8 Å². The van der Waals surface area contributed by atoms with Gasteiger partial charge in [-0.05, 0) is 61.8 Å². The van der Waals surface area contributed by atoms with E-state index in [1.54, 1.807) is 18.2 Å². The Labute approximate surface area is 197 Å². The van der Waals surface area contributed by atoms with Crippen molar-refractivity contribution in [2.75, 3.05) is 13.2 Å². The SMILES string of the molecule is NC(=O)CON=C1CCCCC1NC(=O)c1cnc(OCC2CC2)c(-c2ccc(Cl)cc2)c1. The number of ether oxygens (including phenoxy) is 1. The average molecular weight is 471 g/mol. The van der Waals surface area contributed by atoms with Crippen molar-refractivity contribution in [3.05, 3.63) is 47.1 Å². The molecule has 9 heteroatoms. The lowest BCUT2D eigenvalue weighted by molar-refractivity contribution is -0.122. The lowest BCUT2D eigenvalue weighted by Crippen LogP contribution is -2.42. The first-order valence-corrected chi connectivity index (χ1v) is 11.5. The predicted octanol–water partition coefficient (Wildman–Crippen LogP) is 3.72. The minimum absolute atomic E-state index is 0.263. The number of amides is 2. The molecule has 1 heterocycles. The quantitative estimate of drug-likeness (QED) is 0.542. The lowest BCUT2D eigenvalue weighted by atomic mass is 9.93. The van der Waals surface area contributed by atoms with E-state index in [0.717, 1.165) is 30.4 Å². The van der Waals surface area contributed by atoms with Crippen molar-refractivity contribution in [1.82, 2.24) is 10.3 Å². The second-order valence-corrected chi connectivity index (χ2v) is 8.87. The van der Waals surface area contributed by atoms with E-state index in [1.165, 1.54) is 19.0 Å². The van der Waals surface area contributed by atoms with Crippen LogP contribution >= 0.6 is 11.6 Å². The summed E-state index contributed by atoms with van der Waals surface area (Å²) in [5.41, 5.74) is 7.82. The largest absolute Gasteiger partial charge is 0.477 e. The van der Waals surface area contributed by atoms with E-state index in [-0.39, 0.29) is 18.6 Å². The summed E-state index contributed by atoms with van der Waals surface area (Å²) in [5, 5.41) is 7.69. The molecule has 1 aromatic heterocycles. The molecule has 2 aromatic rings. The summed E-state index contributed by atoms with van der Waals surface area (Å²) in [6.07, 6.45) is 7.20. The number of hydrogen-bond donors (Lipinski definition) is 2. The smallest absolute Gasteiger partial charge is 0.258 e.